The lowest BCUT2D eigenvalue weighted by molar-refractivity contribution is 0.0183. The van der Waals surface area contributed by atoms with Gasteiger partial charge in [0, 0.05) is 10.9 Å². The topological polar surface area (TPSA) is 63.9 Å². The number of nitrogens with two attached hydrogens (primary N) is 1. The largest absolute Gasteiger partial charge is 0.397 e. The quantitative estimate of drug-likeness (QED) is 0.658. The fraction of sp³-hybridized carbons (Fsp3) is 0.364. The van der Waals surface area contributed by atoms with Gasteiger partial charge in [0.05, 0.1) is 17.8 Å². The van der Waals surface area contributed by atoms with E-state index in [1.165, 1.54) is 0 Å². The van der Waals surface area contributed by atoms with Gasteiger partial charge in [-0.05, 0) is 12.1 Å². The molecular formula is C11H12BrF2N3O. The highest BCUT2D eigenvalue weighted by Gasteiger charge is 2.08. The number of aromatic nitrogens is 2. The monoisotopic (exact) mass is 319 g/mol. The first-order valence-corrected chi connectivity index (χ1v) is 6.15. The Morgan fingerprint density at radius 3 is 2.94 bits per heavy atom. The van der Waals surface area contributed by atoms with Gasteiger partial charge in [0.25, 0.3) is 6.43 Å². The zero-order valence-corrected chi connectivity index (χ0v) is 11.0. The summed E-state index contributed by atoms with van der Waals surface area (Å²) in [6.45, 7) is -0.348. The van der Waals surface area contributed by atoms with E-state index in [9.17, 15) is 8.78 Å². The third-order valence-electron chi connectivity index (χ3n) is 2.36. The van der Waals surface area contributed by atoms with Gasteiger partial charge in [-0.3, -0.25) is 0 Å². The second-order valence-electron chi connectivity index (χ2n) is 3.79. The number of nitrogens with one attached hydrogen (secondary N) is 1. The summed E-state index contributed by atoms with van der Waals surface area (Å²) in [5, 5.41) is 0. The predicted octanol–water partition coefficient (Wildman–Crippen LogP) is 2.73. The van der Waals surface area contributed by atoms with E-state index in [1.54, 1.807) is 6.07 Å². The van der Waals surface area contributed by atoms with Crippen LogP contribution in [0.2, 0.25) is 0 Å². The number of H-pyrrole nitrogens is 1. The molecule has 1 heterocycles. The highest BCUT2D eigenvalue weighted by molar-refractivity contribution is 9.10. The van der Waals surface area contributed by atoms with Crippen LogP contribution in [0, 0.1) is 0 Å². The van der Waals surface area contributed by atoms with E-state index in [1.807, 2.05) is 6.07 Å². The van der Waals surface area contributed by atoms with Crippen LogP contribution in [0.4, 0.5) is 14.5 Å². The molecule has 1 aromatic carbocycles. The number of nitrogens with zero attached hydrogens (tertiary/aromatic N) is 1. The van der Waals surface area contributed by atoms with Gasteiger partial charge in [-0.2, -0.15) is 0 Å². The third-order valence-corrected chi connectivity index (χ3v) is 2.81. The molecule has 0 atom stereocenters. The first-order valence-electron chi connectivity index (χ1n) is 5.36. The lowest BCUT2D eigenvalue weighted by Crippen LogP contribution is -2.07. The van der Waals surface area contributed by atoms with Crippen LogP contribution in [0.25, 0.3) is 11.0 Å². The minimum atomic E-state index is -2.44. The molecule has 2 rings (SSSR count). The van der Waals surface area contributed by atoms with E-state index < -0.39 is 13.0 Å². The lowest BCUT2D eigenvalue weighted by atomic mass is 10.3. The molecule has 1 aromatic heterocycles. The Bertz CT molecular complexity index is 544. The molecule has 0 spiro atoms. The van der Waals surface area contributed by atoms with Crippen molar-refractivity contribution in [2.45, 2.75) is 12.8 Å². The van der Waals surface area contributed by atoms with Crippen molar-refractivity contribution in [2.24, 2.45) is 0 Å². The number of fused-ring (bicyclic) bond motifs is 1. The number of aromatic amines is 1. The van der Waals surface area contributed by atoms with Crippen LogP contribution in [0.3, 0.4) is 0 Å². The SMILES string of the molecule is Nc1cc(Br)cc2[nH]c(CCOCC(F)F)nc12. The Morgan fingerprint density at radius 2 is 2.22 bits per heavy atom. The maximum absolute atomic E-state index is 11.9. The summed E-state index contributed by atoms with van der Waals surface area (Å²) >= 11 is 3.34. The highest BCUT2D eigenvalue weighted by Crippen LogP contribution is 2.24. The number of benzene rings is 1. The van der Waals surface area contributed by atoms with Crippen LogP contribution in [-0.2, 0) is 11.2 Å². The van der Waals surface area contributed by atoms with Gasteiger partial charge in [0.2, 0.25) is 0 Å². The first kappa shape index (κ1) is 13.2. The molecule has 0 saturated heterocycles. The Balaban J connectivity index is 2.04. The van der Waals surface area contributed by atoms with Crippen molar-refractivity contribution in [3.63, 3.8) is 0 Å². The lowest BCUT2D eigenvalue weighted by Gasteiger charge is -2.00. The van der Waals surface area contributed by atoms with Gasteiger partial charge >= 0.3 is 0 Å². The van der Waals surface area contributed by atoms with Gasteiger partial charge in [-0.1, -0.05) is 15.9 Å². The van der Waals surface area contributed by atoms with Crippen LogP contribution < -0.4 is 5.73 Å². The molecular weight excluding hydrogens is 308 g/mol. The standard InChI is InChI=1S/C11H12BrF2N3O/c12-6-3-7(15)11-8(4-6)16-10(17-11)1-2-18-5-9(13)14/h3-4,9H,1-2,5,15H2,(H,16,17). The van der Waals surface area contributed by atoms with Crippen molar-refractivity contribution >= 4 is 32.7 Å². The second-order valence-corrected chi connectivity index (χ2v) is 4.71. The molecule has 4 nitrogen and oxygen atoms in total. The molecule has 0 aliphatic carbocycles. The molecule has 0 bridgehead atoms. The number of halogens is 3. The number of imidazole rings is 1. The van der Waals surface area contributed by atoms with Crippen molar-refractivity contribution < 1.29 is 13.5 Å². The molecule has 7 heteroatoms. The average Bonchev–Trinajstić information content (AvgIpc) is 2.67. The van der Waals surface area contributed by atoms with E-state index in [0.717, 1.165) is 9.99 Å². The number of hydrogen-bond acceptors (Lipinski definition) is 3. The molecule has 18 heavy (non-hydrogen) atoms. The molecule has 0 aliphatic rings. The van der Waals surface area contributed by atoms with Crippen LogP contribution in [-0.4, -0.2) is 29.6 Å². The fourth-order valence-electron chi connectivity index (χ4n) is 1.62. The number of anilines is 1. The van der Waals surface area contributed by atoms with Gasteiger partial charge < -0.3 is 15.5 Å². The minimum Gasteiger partial charge on any atom is -0.397 e. The summed E-state index contributed by atoms with van der Waals surface area (Å²) in [5.41, 5.74) is 7.88. The number of rotatable bonds is 5. The molecule has 3 N–H and O–H groups in total. The molecule has 98 valence electrons. The van der Waals surface area contributed by atoms with Crippen LogP contribution in [0.15, 0.2) is 16.6 Å². The Hall–Kier alpha value is -1.21. The van der Waals surface area contributed by atoms with Crippen LogP contribution in [0.1, 0.15) is 5.82 Å². The van der Waals surface area contributed by atoms with Gasteiger partial charge in [-0.25, -0.2) is 13.8 Å². The molecule has 0 fully saturated rings. The maximum Gasteiger partial charge on any atom is 0.261 e. The molecule has 0 radical (unpaired) electrons. The minimum absolute atomic E-state index is 0.200. The number of nitrogen functional groups attached to an aromatic ring is 1. The average molecular weight is 320 g/mol. The van der Waals surface area contributed by atoms with Crippen LogP contribution in [0.5, 0.6) is 0 Å². The Morgan fingerprint density at radius 1 is 1.44 bits per heavy atom. The summed E-state index contributed by atoms with van der Waals surface area (Å²) < 4.78 is 29.4. The van der Waals surface area contributed by atoms with E-state index in [-0.39, 0.29) is 6.61 Å². The number of hydrogen-bond donors (Lipinski definition) is 2. The number of ether oxygens (including phenoxy) is 1. The molecule has 0 saturated carbocycles. The Labute approximate surface area is 111 Å². The summed E-state index contributed by atoms with van der Waals surface area (Å²) in [6, 6.07) is 3.63. The summed E-state index contributed by atoms with van der Waals surface area (Å²) in [7, 11) is 0. The van der Waals surface area contributed by atoms with Gasteiger partial charge in [0.1, 0.15) is 17.9 Å². The third kappa shape index (κ3) is 3.17. The second kappa shape index (κ2) is 5.62. The normalized spacial score (nSPS) is 11.6. The maximum atomic E-state index is 11.9. The van der Waals surface area contributed by atoms with Crippen molar-refractivity contribution in [3.8, 4) is 0 Å². The molecule has 0 unspecified atom stereocenters. The Kier molecular flexibility index (Phi) is 4.13. The van der Waals surface area contributed by atoms with Gasteiger partial charge in [0.15, 0.2) is 0 Å². The van der Waals surface area contributed by atoms with Crippen molar-refractivity contribution in [2.75, 3.05) is 18.9 Å². The zero-order valence-electron chi connectivity index (χ0n) is 9.42. The smallest absolute Gasteiger partial charge is 0.261 e. The first-order chi connectivity index (χ1) is 8.56. The van der Waals surface area contributed by atoms with Crippen molar-refractivity contribution in [3.05, 3.63) is 22.4 Å². The van der Waals surface area contributed by atoms with Crippen molar-refractivity contribution in [1.29, 1.82) is 0 Å². The molecule has 0 aliphatic heterocycles. The molecule has 0 amide bonds. The van der Waals surface area contributed by atoms with E-state index in [0.29, 0.717) is 23.4 Å². The fourth-order valence-corrected chi connectivity index (χ4v) is 2.09. The van der Waals surface area contributed by atoms with Crippen LogP contribution >= 0.6 is 15.9 Å². The van der Waals surface area contributed by atoms with Gasteiger partial charge in [-0.15, -0.1) is 0 Å². The van der Waals surface area contributed by atoms with Crippen molar-refractivity contribution in [1.82, 2.24) is 9.97 Å². The number of alkyl halides is 2. The summed E-state index contributed by atoms with van der Waals surface area (Å²) in [5.74, 6) is 0.670. The molecule has 2 aromatic rings. The summed E-state index contributed by atoms with van der Waals surface area (Å²) in [4.78, 5) is 7.38. The van der Waals surface area contributed by atoms with E-state index >= 15 is 0 Å². The highest BCUT2D eigenvalue weighted by atomic mass is 79.9. The zero-order chi connectivity index (χ0) is 13.1. The predicted molar refractivity (Wildman–Crippen MR) is 68.7 cm³/mol. The summed E-state index contributed by atoms with van der Waals surface area (Å²) in [6.07, 6.45) is -1.99. The van der Waals surface area contributed by atoms with E-state index in [2.05, 4.69) is 25.9 Å². The van der Waals surface area contributed by atoms with E-state index in [4.69, 9.17) is 10.5 Å².